The van der Waals surface area contributed by atoms with Crippen LogP contribution in [0.4, 0.5) is 0 Å². The lowest BCUT2D eigenvalue weighted by Crippen LogP contribution is -2.47. The molecule has 0 aromatic heterocycles. The Labute approximate surface area is 119 Å². The number of carbonyl (C=O) groups excluding carboxylic acids is 2. The normalized spacial score (nSPS) is 11.6. The molecule has 20 heavy (non-hydrogen) atoms. The van der Waals surface area contributed by atoms with E-state index in [0.717, 1.165) is 12.8 Å². The van der Waals surface area contributed by atoms with E-state index < -0.39 is 6.10 Å². The lowest BCUT2D eigenvalue weighted by molar-refractivity contribution is -0.132. The molecule has 0 heterocycles. The van der Waals surface area contributed by atoms with Crippen molar-refractivity contribution in [2.24, 2.45) is 0 Å². The molecular formula is C15H22N2O3. The third-order valence-corrected chi connectivity index (χ3v) is 2.82. The predicted octanol–water partition coefficient (Wildman–Crippen LogP) is 1.96. The molecule has 1 unspecified atom stereocenters. The molecule has 5 nitrogen and oxygen atoms in total. The molecule has 0 saturated heterocycles. The Morgan fingerprint density at radius 1 is 1.15 bits per heavy atom. The van der Waals surface area contributed by atoms with E-state index in [4.69, 9.17) is 4.74 Å². The van der Waals surface area contributed by atoms with Crippen LogP contribution in [0.1, 0.15) is 39.2 Å². The summed E-state index contributed by atoms with van der Waals surface area (Å²) in [6.45, 7) is 5.60. The van der Waals surface area contributed by atoms with Crippen molar-refractivity contribution < 1.29 is 14.3 Å². The topological polar surface area (TPSA) is 67.4 Å². The van der Waals surface area contributed by atoms with Crippen molar-refractivity contribution in [1.82, 2.24) is 10.9 Å². The van der Waals surface area contributed by atoms with Crippen molar-refractivity contribution in [2.75, 3.05) is 0 Å². The minimum atomic E-state index is -0.676. The van der Waals surface area contributed by atoms with Gasteiger partial charge in [0.05, 0.1) is 0 Å². The van der Waals surface area contributed by atoms with Crippen LogP contribution in [0.25, 0.3) is 0 Å². The van der Waals surface area contributed by atoms with Crippen LogP contribution in [0.2, 0.25) is 0 Å². The molecule has 0 aliphatic heterocycles. The number of aryl methyl sites for hydroxylation is 1. The fourth-order valence-electron chi connectivity index (χ4n) is 1.58. The Hall–Kier alpha value is -2.04. The molecule has 0 spiro atoms. The first kappa shape index (κ1) is 16.0. The van der Waals surface area contributed by atoms with Crippen LogP contribution in [0.3, 0.4) is 0 Å². The maximum Gasteiger partial charge on any atom is 0.279 e. The number of hydrogen-bond acceptors (Lipinski definition) is 3. The van der Waals surface area contributed by atoms with Gasteiger partial charge in [-0.05, 0) is 37.5 Å². The van der Waals surface area contributed by atoms with E-state index in [9.17, 15) is 9.59 Å². The number of rotatable bonds is 6. The van der Waals surface area contributed by atoms with Gasteiger partial charge >= 0.3 is 0 Å². The predicted molar refractivity (Wildman–Crippen MR) is 77.1 cm³/mol. The molecule has 0 aliphatic rings. The molecule has 0 fully saturated rings. The first-order chi connectivity index (χ1) is 9.56. The van der Waals surface area contributed by atoms with E-state index >= 15 is 0 Å². The van der Waals surface area contributed by atoms with E-state index in [1.165, 1.54) is 5.56 Å². The van der Waals surface area contributed by atoms with Crippen molar-refractivity contribution >= 4 is 11.8 Å². The number of carbonyl (C=O) groups is 2. The first-order valence-corrected chi connectivity index (χ1v) is 6.91. The molecule has 2 amide bonds. The Kier molecular flexibility index (Phi) is 6.56. The Bertz CT molecular complexity index is 443. The van der Waals surface area contributed by atoms with Crippen LogP contribution in [-0.4, -0.2) is 17.9 Å². The summed E-state index contributed by atoms with van der Waals surface area (Å²) in [4.78, 5) is 23.0. The highest BCUT2D eigenvalue weighted by Crippen LogP contribution is 2.14. The average molecular weight is 278 g/mol. The molecule has 1 aromatic carbocycles. The van der Waals surface area contributed by atoms with Crippen LogP contribution >= 0.6 is 0 Å². The largest absolute Gasteiger partial charge is 0.481 e. The van der Waals surface area contributed by atoms with Gasteiger partial charge in [-0.1, -0.05) is 26.0 Å². The van der Waals surface area contributed by atoms with Gasteiger partial charge < -0.3 is 4.74 Å². The summed E-state index contributed by atoms with van der Waals surface area (Å²) in [6, 6.07) is 7.59. The van der Waals surface area contributed by atoms with Crippen LogP contribution < -0.4 is 15.6 Å². The quantitative estimate of drug-likeness (QED) is 0.782. The third-order valence-electron chi connectivity index (χ3n) is 2.82. The van der Waals surface area contributed by atoms with Crippen molar-refractivity contribution in [3.05, 3.63) is 29.8 Å². The van der Waals surface area contributed by atoms with Crippen molar-refractivity contribution in [1.29, 1.82) is 0 Å². The van der Waals surface area contributed by atoms with Crippen molar-refractivity contribution in [2.45, 2.75) is 46.1 Å². The standard InChI is InChI=1S/C15H22N2O3/c1-4-6-14(18)16-17-15(19)11(3)20-13-9-7-12(5-2)8-10-13/h7-11H,4-6H2,1-3H3,(H,16,18)(H,17,19). The smallest absolute Gasteiger partial charge is 0.279 e. The number of hydrogen-bond donors (Lipinski definition) is 2. The van der Waals surface area contributed by atoms with Gasteiger partial charge in [0.1, 0.15) is 5.75 Å². The lowest BCUT2D eigenvalue weighted by Gasteiger charge is -2.15. The second-order valence-electron chi connectivity index (χ2n) is 4.55. The van der Waals surface area contributed by atoms with Gasteiger partial charge in [-0.2, -0.15) is 0 Å². The Balaban J connectivity index is 2.42. The van der Waals surface area contributed by atoms with Crippen LogP contribution in [0.5, 0.6) is 5.75 Å². The van der Waals surface area contributed by atoms with Gasteiger partial charge in [0.15, 0.2) is 6.10 Å². The first-order valence-electron chi connectivity index (χ1n) is 6.91. The van der Waals surface area contributed by atoms with E-state index in [1.807, 2.05) is 31.2 Å². The van der Waals surface area contributed by atoms with Crippen LogP contribution in [-0.2, 0) is 16.0 Å². The fourth-order valence-corrected chi connectivity index (χ4v) is 1.58. The van der Waals surface area contributed by atoms with Gasteiger partial charge in [0.25, 0.3) is 5.91 Å². The van der Waals surface area contributed by atoms with E-state index in [2.05, 4.69) is 17.8 Å². The summed E-state index contributed by atoms with van der Waals surface area (Å²) in [5.74, 6) is 0.0408. The summed E-state index contributed by atoms with van der Waals surface area (Å²) in [7, 11) is 0. The molecule has 1 aromatic rings. The molecule has 110 valence electrons. The number of ether oxygens (including phenoxy) is 1. The molecule has 5 heteroatoms. The molecule has 2 N–H and O–H groups in total. The van der Waals surface area contributed by atoms with Gasteiger partial charge in [-0.15, -0.1) is 0 Å². The summed E-state index contributed by atoms with van der Waals surface area (Å²) in [5, 5.41) is 0. The summed E-state index contributed by atoms with van der Waals surface area (Å²) < 4.78 is 5.50. The second kappa shape index (κ2) is 8.19. The summed E-state index contributed by atoms with van der Waals surface area (Å²) in [6.07, 6.45) is 1.40. The molecule has 0 aliphatic carbocycles. The van der Waals surface area contributed by atoms with E-state index in [1.54, 1.807) is 6.92 Å². The molecule has 1 atom stereocenters. The minimum Gasteiger partial charge on any atom is -0.481 e. The highest BCUT2D eigenvalue weighted by Gasteiger charge is 2.15. The second-order valence-corrected chi connectivity index (χ2v) is 4.55. The lowest BCUT2D eigenvalue weighted by atomic mass is 10.2. The zero-order valence-electron chi connectivity index (χ0n) is 12.2. The molecule has 0 saturated carbocycles. The van der Waals surface area contributed by atoms with Crippen LogP contribution in [0.15, 0.2) is 24.3 Å². The Morgan fingerprint density at radius 2 is 1.80 bits per heavy atom. The van der Waals surface area contributed by atoms with Crippen LogP contribution in [0, 0.1) is 0 Å². The van der Waals surface area contributed by atoms with Gasteiger partial charge in [0.2, 0.25) is 5.91 Å². The van der Waals surface area contributed by atoms with Gasteiger partial charge in [-0.3, -0.25) is 20.4 Å². The maximum absolute atomic E-state index is 11.7. The van der Waals surface area contributed by atoms with Crippen molar-refractivity contribution in [3.8, 4) is 5.75 Å². The molecule has 1 rings (SSSR count). The molecule has 0 radical (unpaired) electrons. The van der Waals surface area contributed by atoms with Crippen molar-refractivity contribution in [3.63, 3.8) is 0 Å². The molecular weight excluding hydrogens is 256 g/mol. The van der Waals surface area contributed by atoms with Gasteiger partial charge in [0, 0.05) is 6.42 Å². The fraction of sp³-hybridized carbons (Fsp3) is 0.467. The maximum atomic E-state index is 11.7. The Morgan fingerprint density at radius 3 is 2.35 bits per heavy atom. The van der Waals surface area contributed by atoms with E-state index in [-0.39, 0.29) is 11.8 Å². The zero-order chi connectivity index (χ0) is 15.0. The van der Waals surface area contributed by atoms with E-state index in [0.29, 0.717) is 12.2 Å². The minimum absolute atomic E-state index is 0.208. The van der Waals surface area contributed by atoms with Gasteiger partial charge in [-0.25, -0.2) is 0 Å². The molecule has 0 bridgehead atoms. The number of hydrazine groups is 1. The zero-order valence-corrected chi connectivity index (χ0v) is 12.2. The summed E-state index contributed by atoms with van der Waals surface area (Å²) in [5.41, 5.74) is 5.91. The highest BCUT2D eigenvalue weighted by molar-refractivity contribution is 5.84. The number of nitrogens with one attached hydrogen (secondary N) is 2. The monoisotopic (exact) mass is 278 g/mol. The summed E-state index contributed by atoms with van der Waals surface area (Å²) >= 11 is 0. The number of benzene rings is 1. The number of amides is 2. The SMILES string of the molecule is CCCC(=O)NNC(=O)C(C)Oc1ccc(CC)cc1. The highest BCUT2D eigenvalue weighted by atomic mass is 16.5. The average Bonchev–Trinajstić information content (AvgIpc) is 2.45. The third kappa shape index (κ3) is 5.30.